The molecule has 1 aromatic rings. The number of carboxylic acids is 1. The number of ether oxygens (including phenoxy) is 2. The fraction of sp³-hybridized carbons (Fsp3) is 0.846. The molecule has 0 amide bonds. The fourth-order valence-electron chi connectivity index (χ4n) is 12.2. The third kappa shape index (κ3) is 4.74. The van der Waals surface area contributed by atoms with E-state index in [9.17, 15) is 15.2 Å². The van der Waals surface area contributed by atoms with Crippen LogP contribution in [0.1, 0.15) is 120 Å². The molecule has 48 heavy (non-hydrogen) atoms. The molecule has 1 saturated heterocycles. The molecule has 12 atom stereocenters. The maximum atomic E-state index is 13.4. The summed E-state index contributed by atoms with van der Waals surface area (Å²) >= 11 is 0. The summed E-state index contributed by atoms with van der Waals surface area (Å²) in [5.41, 5.74) is 6.31. The van der Waals surface area contributed by atoms with E-state index in [2.05, 4.69) is 91.6 Å². The van der Waals surface area contributed by atoms with E-state index < -0.39 is 17.4 Å². The Balaban J connectivity index is 1.46. The number of hydrogen-bond acceptors (Lipinski definition) is 7. The van der Waals surface area contributed by atoms with Gasteiger partial charge in [-0.1, -0.05) is 74.0 Å². The average Bonchev–Trinajstić information content (AvgIpc) is 3.49. The SMILES string of the molecule is CC(C)[C@@H](C)[C@@]1(C)CC[C@]2(C)[C@H]3CC[C@H]4C5(C)COC[C@@]4(C[C@@H](n4cnnc4C#N)[C@@H]5OC[C@](C)(N)C(C)C)C3=CC[C@@]2(C)[C@@H]1C(=O)O. The number of carboxylic acid groups (broad SMARTS) is 1. The second-order valence-corrected chi connectivity index (χ2v) is 18.7. The lowest BCUT2D eigenvalue weighted by molar-refractivity contribution is -0.251. The lowest BCUT2D eigenvalue weighted by atomic mass is 9.34. The summed E-state index contributed by atoms with van der Waals surface area (Å²) in [5, 5.41) is 29.5. The number of nitriles is 1. The lowest BCUT2D eigenvalue weighted by Gasteiger charge is -2.71. The number of aliphatic carboxylic acids is 1. The quantitative estimate of drug-likeness (QED) is 0.283. The predicted octanol–water partition coefficient (Wildman–Crippen LogP) is 7.04. The molecule has 1 unspecified atom stereocenters. The summed E-state index contributed by atoms with van der Waals surface area (Å²) in [5.74, 6) is 0.755. The van der Waals surface area contributed by atoms with Crippen molar-refractivity contribution in [2.45, 2.75) is 125 Å². The maximum absolute atomic E-state index is 13.4. The molecule has 9 nitrogen and oxygen atoms in total. The highest BCUT2D eigenvalue weighted by atomic mass is 16.5. The van der Waals surface area contributed by atoms with Crippen molar-refractivity contribution >= 4 is 5.97 Å². The monoisotopic (exact) mass is 663 g/mol. The van der Waals surface area contributed by atoms with Gasteiger partial charge in [-0.25, -0.2) is 0 Å². The summed E-state index contributed by atoms with van der Waals surface area (Å²) in [4.78, 5) is 13.4. The van der Waals surface area contributed by atoms with Crippen LogP contribution in [0, 0.1) is 73.9 Å². The second kappa shape index (κ2) is 11.6. The number of carbonyl (C=O) groups is 1. The van der Waals surface area contributed by atoms with Gasteiger partial charge in [-0.2, -0.15) is 5.26 Å². The first-order chi connectivity index (χ1) is 22.3. The van der Waals surface area contributed by atoms with Crippen molar-refractivity contribution in [2.75, 3.05) is 19.8 Å². The molecular formula is C39H61N5O4. The van der Waals surface area contributed by atoms with Crippen LogP contribution in [0.2, 0.25) is 0 Å². The standard InChI is InChI=1S/C39H61N5O4/c1-23(2)25(5)34(6)15-16-36(8)26-11-12-29-35(7)19-47-21-39(29,27(26)13-14-37(36,9)31(34)33(45)46)17-28(44-22-42-43-30(44)18-40)32(35)48-20-38(10,41)24(3)4/h13,22-26,28-29,31-32H,11-12,14-17,19-21,41H2,1-10H3,(H,45,46)/t25-,26+,28-,29+,31-,32+,34-,35?,36-,37+,38+,39+/m1/s1. The normalized spacial score (nSPS) is 44.1. The van der Waals surface area contributed by atoms with Crippen molar-refractivity contribution in [2.24, 2.45) is 68.3 Å². The number of aromatic nitrogens is 3. The Kier molecular flexibility index (Phi) is 8.61. The molecule has 1 aromatic heterocycles. The van der Waals surface area contributed by atoms with Crippen molar-refractivity contribution < 1.29 is 19.4 Å². The van der Waals surface area contributed by atoms with Crippen LogP contribution < -0.4 is 5.73 Å². The number of fused-ring (bicyclic) bond motifs is 3. The highest BCUT2D eigenvalue weighted by Crippen LogP contribution is 2.75. The number of allylic oxidation sites excluding steroid dienone is 1. The van der Waals surface area contributed by atoms with Crippen LogP contribution in [0.4, 0.5) is 0 Å². The topological polar surface area (TPSA) is 136 Å². The van der Waals surface area contributed by atoms with Crippen molar-refractivity contribution in [1.82, 2.24) is 14.8 Å². The van der Waals surface area contributed by atoms with E-state index in [1.165, 1.54) is 5.57 Å². The molecule has 5 aliphatic rings. The number of nitrogens with two attached hydrogens (primary N) is 1. The Morgan fingerprint density at radius 2 is 1.88 bits per heavy atom. The Morgan fingerprint density at radius 3 is 2.50 bits per heavy atom. The zero-order valence-electron chi connectivity index (χ0n) is 31.2. The van der Waals surface area contributed by atoms with E-state index in [1.54, 1.807) is 6.33 Å². The molecule has 2 heterocycles. The van der Waals surface area contributed by atoms with E-state index in [4.69, 9.17) is 15.2 Å². The van der Waals surface area contributed by atoms with Gasteiger partial charge in [0.2, 0.25) is 5.82 Å². The molecule has 9 heteroatoms. The fourth-order valence-corrected chi connectivity index (χ4v) is 12.2. The van der Waals surface area contributed by atoms with Gasteiger partial charge < -0.3 is 20.3 Å². The highest BCUT2D eigenvalue weighted by Gasteiger charge is 2.72. The molecule has 1 aliphatic heterocycles. The first-order valence-corrected chi connectivity index (χ1v) is 18.6. The number of nitrogens with zero attached hydrogens (tertiary/aromatic N) is 4. The third-order valence-corrected chi connectivity index (χ3v) is 16.0. The molecule has 4 aliphatic carbocycles. The molecule has 0 spiro atoms. The molecule has 266 valence electrons. The van der Waals surface area contributed by atoms with Gasteiger partial charge in [0, 0.05) is 16.4 Å². The van der Waals surface area contributed by atoms with Crippen molar-refractivity contribution in [3.8, 4) is 6.07 Å². The van der Waals surface area contributed by atoms with Crippen LogP contribution >= 0.6 is 0 Å². The zero-order chi connectivity index (χ0) is 35.2. The van der Waals surface area contributed by atoms with E-state index in [0.29, 0.717) is 43.4 Å². The first kappa shape index (κ1) is 35.5. The van der Waals surface area contributed by atoms with Crippen molar-refractivity contribution in [3.05, 3.63) is 23.8 Å². The predicted molar refractivity (Wildman–Crippen MR) is 185 cm³/mol. The van der Waals surface area contributed by atoms with Gasteiger partial charge in [-0.15, -0.1) is 10.2 Å². The summed E-state index contributed by atoms with van der Waals surface area (Å²) in [6.07, 6.45) is 9.45. The summed E-state index contributed by atoms with van der Waals surface area (Å²) in [7, 11) is 0. The van der Waals surface area contributed by atoms with E-state index in [-0.39, 0.29) is 51.1 Å². The van der Waals surface area contributed by atoms with E-state index in [0.717, 1.165) is 38.5 Å². The minimum atomic E-state index is -0.640. The van der Waals surface area contributed by atoms with Gasteiger partial charge in [0.15, 0.2) is 0 Å². The van der Waals surface area contributed by atoms with Crippen molar-refractivity contribution in [1.29, 1.82) is 5.26 Å². The maximum Gasteiger partial charge on any atom is 0.307 e. The molecule has 0 aromatic carbocycles. The van der Waals surface area contributed by atoms with Crippen molar-refractivity contribution in [3.63, 3.8) is 0 Å². The Bertz CT molecular complexity index is 1490. The summed E-state index contributed by atoms with van der Waals surface area (Å²) in [6, 6.07) is 2.11. The first-order valence-electron chi connectivity index (χ1n) is 18.6. The minimum Gasteiger partial charge on any atom is -0.481 e. The molecule has 3 N–H and O–H groups in total. The summed E-state index contributed by atoms with van der Waals surface area (Å²) < 4.78 is 15.6. The highest BCUT2D eigenvalue weighted by molar-refractivity contribution is 5.73. The zero-order valence-corrected chi connectivity index (χ0v) is 31.2. The van der Waals surface area contributed by atoms with Crippen LogP contribution in [0.5, 0.6) is 0 Å². The van der Waals surface area contributed by atoms with E-state index in [1.807, 2.05) is 4.57 Å². The summed E-state index contributed by atoms with van der Waals surface area (Å²) in [6.45, 7) is 24.0. The van der Waals surface area contributed by atoms with E-state index >= 15 is 0 Å². The van der Waals surface area contributed by atoms with Gasteiger partial charge in [0.25, 0.3) is 0 Å². The third-order valence-electron chi connectivity index (χ3n) is 16.0. The Labute approximate surface area is 288 Å². The van der Waals surface area contributed by atoms with Crippen LogP contribution in [-0.4, -0.2) is 57.3 Å². The Morgan fingerprint density at radius 1 is 1.17 bits per heavy atom. The average molecular weight is 664 g/mol. The van der Waals surface area contributed by atoms with Crippen LogP contribution in [-0.2, 0) is 14.3 Å². The number of rotatable bonds is 8. The molecule has 6 rings (SSSR count). The van der Waals surface area contributed by atoms with Gasteiger partial charge in [-0.3, -0.25) is 9.36 Å². The largest absolute Gasteiger partial charge is 0.481 e. The second-order valence-electron chi connectivity index (χ2n) is 18.7. The molecule has 0 radical (unpaired) electrons. The van der Waals surface area contributed by atoms with Gasteiger partial charge >= 0.3 is 5.97 Å². The van der Waals surface area contributed by atoms with Gasteiger partial charge in [0.1, 0.15) is 12.4 Å². The molecule has 2 bridgehead atoms. The number of hydrogen-bond donors (Lipinski definition) is 2. The molecular weight excluding hydrogens is 602 g/mol. The van der Waals surface area contributed by atoms with Crippen LogP contribution in [0.25, 0.3) is 0 Å². The van der Waals surface area contributed by atoms with Crippen LogP contribution in [0.15, 0.2) is 18.0 Å². The van der Waals surface area contributed by atoms with Crippen LogP contribution in [0.3, 0.4) is 0 Å². The minimum absolute atomic E-state index is 0.167. The smallest absolute Gasteiger partial charge is 0.307 e. The van der Waals surface area contributed by atoms with Gasteiger partial charge in [-0.05, 0) is 91.3 Å². The molecule has 4 fully saturated rings. The van der Waals surface area contributed by atoms with Gasteiger partial charge in [0.05, 0.1) is 37.9 Å². The Hall–Kier alpha value is -2.28. The molecule has 3 saturated carbocycles. The lowest BCUT2D eigenvalue weighted by Crippen LogP contribution is -2.69.